The van der Waals surface area contributed by atoms with Gasteiger partial charge >= 0.3 is 0 Å². The molecule has 0 radical (unpaired) electrons. The van der Waals surface area contributed by atoms with E-state index in [0.29, 0.717) is 0 Å². The van der Waals surface area contributed by atoms with Crippen molar-refractivity contribution in [2.45, 2.75) is 0 Å². The average molecular weight is 777 g/mol. The van der Waals surface area contributed by atoms with Gasteiger partial charge in [-0.05, 0) is 147 Å². The molecule has 276 valence electrons. The highest BCUT2D eigenvalue weighted by atomic mass is 32.1. The maximum atomic E-state index is 6.59. The predicted molar refractivity (Wildman–Crippen MR) is 260 cm³/mol. The number of hydrogen-bond donors (Lipinski definition) is 0. The van der Waals surface area contributed by atoms with Gasteiger partial charge in [-0.1, -0.05) is 140 Å². The van der Waals surface area contributed by atoms with Crippen molar-refractivity contribution in [2.24, 2.45) is 0 Å². The van der Waals surface area contributed by atoms with Gasteiger partial charge in [-0.2, -0.15) is 0 Å². The van der Waals surface area contributed by atoms with Crippen LogP contribution in [-0.4, -0.2) is 0 Å². The molecule has 2 heteroatoms. The van der Waals surface area contributed by atoms with Crippen LogP contribution in [0, 0.1) is 0 Å². The van der Waals surface area contributed by atoms with Crippen LogP contribution in [0.25, 0.3) is 140 Å². The highest BCUT2D eigenvalue weighted by molar-refractivity contribution is 7.25. The number of benzene rings is 12. The molecule has 2 aromatic heterocycles. The molecule has 60 heavy (non-hydrogen) atoms. The van der Waals surface area contributed by atoms with Gasteiger partial charge in [0, 0.05) is 36.3 Å². The molecule has 0 aliphatic heterocycles. The van der Waals surface area contributed by atoms with Gasteiger partial charge in [0.25, 0.3) is 0 Å². The van der Waals surface area contributed by atoms with Crippen molar-refractivity contribution >= 4 is 129 Å². The molecule has 12 aromatic carbocycles. The van der Waals surface area contributed by atoms with E-state index in [-0.39, 0.29) is 0 Å². The van der Waals surface area contributed by atoms with Crippen LogP contribution >= 0.6 is 11.3 Å². The molecule has 14 rings (SSSR count). The van der Waals surface area contributed by atoms with Crippen molar-refractivity contribution in [3.8, 4) is 22.3 Å². The summed E-state index contributed by atoms with van der Waals surface area (Å²) in [7, 11) is 0. The second kappa shape index (κ2) is 12.0. The van der Waals surface area contributed by atoms with Crippen LogP contribution < -0.4 is 0 Å². The first kappa shape index (κ1) is 32.4. The van der Waals surface area contributed by atoms with Crippen LogP contribution in [0.5, 0.6) is 0 Å². The second-order valence-electron chi connectivity index (χ2n) is 16.3. The standard InChI is InChI=1S/C58H32OS/c1-3-11-38-33(9-1)17-22-44-40-13-5-7-15-42(40)47(32-49(38)44)37-21-28-55-51(31-37)50-30-36(20-27-54(50)60-55)35-18-23-46-48(29-35)43-16-8-6-14-41(43)45-24-26-53-58(56(45)46)57-39-12-4-2-10-34(39)19-25-52(57)59-53/h1-32H. The quantitative estimate of drug-likeness (QED) is 0.159. The SMILES string of the molecule is c1ccc2c(c1)ccc1c3ccccc3c(-c3ccc4sc5ccc(-c6ccc7c(c6)c6ccccc6c6ccc8oc9ccc%10ccccc%10c9c8c67)cc5c4c3)cc21. The number of hydrogen-bond acceptors (Lipinski definition) is 2. The van der Waals surface area contributed by atoms with E-state index in [4.69, 9.17) is 4.42 Å². The molecule has 0 unspecified atom stereocenters. The highest BCUT2D eigenvalue weighted by Crippen LogP contribution is 2.46. The Morgan fingerprint density at radius 3 is 1.52 bits per heavy atom. The monoisotopic (exact) mass is 776 g/mol. The van der Waals surface area contributed by atoms with Gasteiger partial charge in [0.05, 0.1) is 0 Å². The van der Waals surface area contributed by atoms with E-state index in [2.05, 4.69) is 194 Å². The fraction of sp³-hybridized carbons (Fsp3) is 0. The lowest BCUT2D eigenvalue weighted by atomic mass is 9.89. The van der Waals surface area contributed by atoms with Gasteiger partial charge in [-0.3, -0.25) is 0 Å². The summed E-state index contributed by atoms with van der Waals surface area (Å²) >= 11 is 1.88. The zero-order valence-electron chi connectivity index (χ0n) is 32.3. The van der Waals surface area contributed by atoms with Gasteiger partial charge in [-0.15, -0.1) is 11.3 Å². The topological polar surface area (TPSA) is 13.1 Å². The Morgan fingerprint density at radius 1 is 0.267 bits per heavy atom. The summed E-state index contributed by atoms with van der Waals surface area (Å²) in [5.74, 6) is 0. The largest absolute Gasteiger partial charge is 0.456 e. The number of thiophene rings is 1. The number of fused-ring (bicyclic) bond motifs is 20. The van der Waals surface area contributed by atoms with Crippen LogP contribution in [0.2, 0.25) is 0 Å². The molecular formula is C58H32OS. The molecule has 0 bridgehead atoms. The maximum Gasteiger partial charge on any atom is 0.136 e. The van der Waals surface area contributed by atoms with Gasteiger partial charge in [-0.25, -0.2) is 0 Å². The van der Waals surface area contributed by atoms with Crippen molar-refractivity contribution in [1.29, 1.82) is 0 Å². The highest BCUT2D eigenvalue weighted by Gasteiger charge is 2.19. The van der Waals surface area contributed by atoms with Crippen LogP contribution in [0.3, 0.4) is 0 Å². The average Bonchev–Trinajstić information content (AvgIpc) is 3.89. The molecule has 1 nitrogen and oxygen atoms in total. The molecule has 0 amide bonds. The van der Waals surface area contributed by atoms with E-state index in [1.54, 1.807) is 0 Å². The molecule has 0 fully saturated rings. The first-order chi connectivity index (χ1) is 29.7. The molecule has 0 aliphatic carbocycles. The lowest BCUT2D eigenvalue weighted by Gasteiger charge is -2.14. The molecular weight excluding hydrogens is 745 g/mol. The Balaban J connectivity index is 0.989. The number of furan rings is 1. The van der Waals surface area contributed by atoms with Crippen molar-refractivity contribution in [3.05, 3.63) is 194 Å². The minimum absolute atomic E-state index is 0.925. The Bertz CT molecular complexity index is 4180. The molecule has 14 aromatic rings. The third kappa shape index (κ3) is 4.46. The van der Waals surface area contributed by atoms with Crippen LogP contribution in [-0.2, 0) is 0 Å². The van der Waals surface area contributed by atoms with Crippen LogP contribution in [0.15, 0.2) is 199 Å². The molecule has 2 heterocycles. The fourth-order valence-electron chi connectivity index (χ4n) is 10.5. The minimum Gasteiger partial charge on any atom is -0.456 e. The van der Waals surface area contributed by atoms with Crippen LogP contribution in [0.4, 0.5) is 0 Å². The summed E-state index contributed by atoms with van der Waals surface area (Å²) in [5, 5.41) is 22.7. The van der Waals surface area contributed by atoms with E-state index < -0.39 is 0 Å². The summed E-state index contributed by atoms with van der Waals surface area (Å²) < 4.78 is 9.20. The second-order valence-corrected chi connectivity index (χ2v) is 17.4. The minimum atomic E-state index is 0.925. The summed E-state index contributed by atoms with van der Waals surface area (Å²) in [5.41, 5.74) is 6.80. The Hall–Kier alpha value is -7.52. The zero-order valence-corrected chi connectivity index (χ0v) is 33.1. The van der Waals surface area contributed by atoms with Gasteiger partial charge in [0.2, 0.25) is 0 Å². The van der Waals surface area contributed by atoms with E-state index >= 15 is 0 Å². The van der Waals surface area contributed by atoms with Crippen molar-refractivity contribution in [3.63, 3.8) is 0 Å². The van der Waals surface area contributed by atoms with Crippen molar-refractivity contribution in [2.75, 3.05) is 0 Å². The first-order valence-corrected chi connectivity index (χ1v) is 21.5. The van der Waals surface area contributed by atoms with Gasteiger partial charge < -0.3 is 4.42 Å². The lowest BCUT2D eigenvalue weighted by Crippen LogP contribution is -1.86. The van der Waals surface area contributed by atoms with E-state index in [1.165, 1.54) is 129 Å². The first-order valence-electron chi connectivity index (χ1n) is 20.6. The van der Waals surface area contributed by atoms with E-state index in [9.17, 15) is 0 Å². The third-order valence-electron chi connectivity index (χ3n) is 13.2. The normalized spacial score (nSPS) is 12.3. The fourth-order valence-corrected chi connectivity index (χ4v) is 11.5. The molecule has 0 aliphatic rings. The van der Waals surface area contributed by atoms with E-state index in [0.717, 1.165) is 11.2 Å². The Kier molecular flexibility index (Phi) is 6.50. The summed E-state index contributed by atoms with van der Waals surface area (Å²) in [6.45, 7) is 0. The third-order valence-corrected chi connectivity index (χ3v) is 14.4. The smallest absolute Gasteiger partial charge is 0.136 e. The molecule has 0 saturated carbocycles. The molecule has 0 saturated heterocycles. The molecule has 0 atom stereocenters. The Morgan fingerprint density at radius 2 is 0.733 bits per heavy atom. The molecule has 0 spiro atoms. The summed E-state index contributed by atoms with van der Waals surface area (Å²) in [4.78, 5) is 0. The Labute approximate surface area is 347 Å². The summed E-state index contributed by atoms with van der Waals surface area (Å²) in [6, 6.07) is 72.1. The van der Waals surface area contributed by atoms with Crippen molar-refractivity contribution in [1.82, 2.24) is 0 Å². The summed E-state index contributed by atoms with van der Waals surface area (Å²) in [6.07, 6.45) is 0. The van der Waals surface area contributed by atoms with Gasteiger partial charge in [0.1, 0.15) is 11.2 Å². The van der Waals surface area contributed by atoms with Gasteiger partial charge in [0.15, 0.2) is 0 Å². The predicted octanol–water partition coefficient (Wildman–Crippen LogP) is 17.4. The number of rotatable bonds is 2. The zero-order chi connectivity index (χ0) is 39.1. The van der Waals surface area contributed by atoms with E-state index in [1.807, 2.05) is 11.3 Å². The molecule has 0 N–H and O–H groups in total. The van der Waals surface area contributed by atoms with Crippen molar-refractivity contribution < 1.29 is 4.42 Å². The maximum absolute atomic E-state index is 6.59. The lowest BCUT2D eigenvalue weighted by molar-refractivity contribution is 0.669. The van der Waals surface area contributed by atoms with Crippen LogP contribution in [0.1, 0.15) is 0 Å².